The Labute approximate surface area is 166 Å². The van der Waals surface area contributed by atoms with Gasteiger partial charge in [0.1, 0.15) is 11.6 Å². The number of morpholine rings is 1. The Morgan fingerprint density at radius 2 is 1.97 bits per heavy atom. The van der Waals surface area contributed by atoms with Gasteiger partial charge in [0.15, 0.2) is 5.82 Å². The first-order valence-electron chi connectivity index (χ1n) is 9.72. The molecule has 2 aliphatic rings. The van der Waals surface area contributed by atoms with Gasteiger partial charge in [-0.05, 0) is 32.4 Å². The fourth-order valence-electron chi connectivity index (χ4n) is 4.29. The van der Waals surface area contributed by atoms with Crippen LogP contribution in [0.25, 0.3) is 10.9 Å². The van der Waals surface area contributed by atoms with Crippen LogP contribution in [-0.2, 0) is 4.74 Å². The van der Waals surface area contributed by atoms with Crippen LogP contribution in [0.4, 0.5) is 20.3 Å². The van der Waals surface area contributed by atoms with Gasteiger partial charge in [-0.1, -0.05) is 6.07 Å². The fraction of sp³-hybridized carbons (Fsp3) is 0.381. The Kier molecular flexibility index (Phi) is 4.31. The molecule has 8 heteroatoms. The number of anilines is 2. The van der Waals surface area contributed by atoms with Crippen LogP contribution in [0.1, 0.15) is 30.6 Å². The zero-order chi connectivity index (χ0) is 20.1. The second kappa shape index (κ2) is 6.88. The Morgan fingerprint density at radius 3 is 2.69 bits per heavy atom. The third-order valence-corrected chi connectivity index (χ3v) is 5.80. The van der Waals surface area contributed by atoms with E-state index in [-0.39, 0.29) is 0 Å². The molecule has 0 aliphatic carbocycles. The minimum atomic E-state index is -0.600. The third kappa shape index (κ3) is 3.07. The van der Waals surface area contributed by atoms with E-state index in [1.165, 1.54) is 12.1 Å². The molecule has 0 radical (unpaired) electrons. The first-order chi connectivity index (χ1) is 14.0. The standard InChI is InChI=1S/C21H21F2N5O/c1-11(17-4-3-13(22)5-19(17)23)25-21-18-7-14(8-24-20(18)12(2)26-27-21)28-15-6-16(28)10-29-9-15/h3-5,7-8,11,15-16H,6,9-10H2,1-2H3,(H,25,27)/t11-,15?,16?/m1/s1. The molecular formula is C21H21F2N5O. The van der Waals surface area contributed by atoms with E-state index < -0.39 is 17.7 Å². The Morgan fingerprint density at radius 1 is 1.17 bits per heavy atom. The summed E-state index contributed by atoms with van der Waals surface area (Å²) in [5.74, 6) is -0.670. The van der Waals surface area contributed by atoms with Gasteiger partial charge in [-0.15, -0.1) is 5.10 Å². The van der Waals surface area contributed by atoms with Gasteiger partial charge in [-0.2, -0.15) is 5.10 Å². The number of hydrogen-bond donors (Lipinski definition) is 1. The van der Waals surface area contributed by atoms with Gasteiger partial charge in [0.2, 0.25) is 0 Å². The Bertz CT molecular complexity index is 1080. The number of aryl methyl sites for hydroxylation is 1. The molecule has 2 bridgehead atoms. The molecule has 0 saturated carbocycles. The molecular weight excluding hydrogens is 376 g/mol. The lowest BCUT2D eigenvalue weighted by Crippen LogP contribution is -2.64. The number of nitrogens with one attached hydrogen (secondary N) is 1. The number of pyridine rings is 1. The molecule has 6 nitrogen and oxygen atoms in total. The topological polar surface area (TPSA) is 63.2 Å². The van der Waals surface area contributed by atoms with Gasteiger partial charge in [0, 0.05) is 17.0 Å². The molecule has 4 heterocycles. The summed E-state index contributed by atoms with van der Waals surface area (Å²) in [7, 11) is 0. The number of hydrogen-bond acceptors (Lipinski definition) is 6. The highest BCUT2D eigenvalue weighted by Crippen LogP contribution is 2.38. The van der Waals surface area contributed by atoms with Crippen LogP contribution in [0, 0.1) is 18.6 Å². The van der Waals surface area contributed by atoms with E-state index in [4.69, 9.17) is 4.74 Å². The minimum Gasteiger partial charge on any atom is -0.377 e. The van der Waals surface area contributed by atoms with Crippen LogP contribution in [0.15, 0.2) is 30.5 Å². The number of nitrogens with zero attached hydrogens (tertiary/aromatic N) is 4. The molecule has 3 atom stereocenters. The average molecular weight is 397 g/mol. The lowest BCUT2D eigenvalue weighted by molar-refractivity contribution is 0.0103. The summed E-state index contributed by atoms with van der Waals surface area (Å²) < 4.78 is 33.0. The molecule has 1 N–H and O–H groups in total. The predicted octanol–water partition coefficient (Wildman–Crippen LogP) is 3.76. The van der Waals surface area contributed by atoms with Crippen LogP contribution < -0.4 is 10.2 Å². The zero-order valence-corrected chi connectivity index (χ0v) is 16.2. The van der Waals surface area contributed by atoms with Gasteiger partial charge in [-0.3, -0.25) is 4.98 Å². The average Bonchev–Trinajstić information content (AvgIpc) is 2.70. The van der Waals surface area contributed by atoms with E-state index in [0.717, 1.165) is 48.0 Å². The van der Waals surface area contributed by atoms with Crippen molar-refractivity contribution in [2.75, 3.05) is 23.4 Å². The molecule has 2 unspecified atom stereocenters. The first kappa shape index (κ1) is 18.2. The third-order valence-electron chi connectivity index (χ3n) is 5.80. The van der Waals surface area contributed by atoms with E-state index in [1.54, 1.807) is 6.92 Å². The van der Waals surface area contributed by atoms with Crippen molar-refractivity contribution in [2.24, 2.45) is 0 Å². The van der Waals surface area contributed by atoms with Gasteiger partial charge >= 0.3 is 0 Å². The van der Waals surface area contributed by atoms with Crippen molar-refractivity contribution < 1.29 is 13.5 Å². The number of halogens is 2. The van der Waals surface area contributed by atoms with Crippen molar-refractivity contribution in [3.8, 4) is 0 Å². The van der Waals surface area contributed by atoms with Crippen molar-refractivity contribution in [1.82, 2.24) is 15.2 Å². The van der Waals surface area contributed by atoms with Crippen molar-refractivity contribution in [3.63, 3.8) is 0 Å². The lowest BCUT2D eigenvalue weighted by atomic mass is 9.90. The van der Waals surface area contributed by atoms with Crippen LogP contribution in [0.5, 0.6) is 0 Å². The minimum absolute atomic E-state index is 0.362. The van der Waals surface area contributed by atoms with Crippen LogP contribution in [0.3, 0.4) is 0 Å². The van der Waals surface area contributed by atoms with E-state index in [1.807, 2.05) is 13.1 Å². The van der Waals surface area contributed by atoms with Gasteiger partial charge < -0.3 is 15.0 Å². The molecule has 2 aromatic heterocycles. The van der Waals surface area contributed by atoms with E-state index in [2.05, 4.69) is 31.5 Å². The number of ether oxygens (including phenoxy) is 1. The van der Waals surface area contributed by atoms with E-state index in [9.17, 15) is 8.78 Å². The zero-order valence-electron chi connectivity index (χ0n) is 16.2. The normalized spacial score (nSPS) is 21.7. The van der Waals surface area contributed by atoms with Crippen LogP contribution in [0.2, 0.25) is 0 Å². The molecule has 2 aliphatic heterocycles. The molecule has 29 heavy (non-hydrogen) atoms. The molecule has 2 fully saturated rings. The highest BCUT2D eigenvalue weighted by Gasteiger charge is 2.42. The van der Waals surface area contributed by atoms with Gasteiger partial charge in [0.25, 0.3) is 0 Å². The molecule has 0 amide bonds. The highest BCUT2D eigenvalue weighted by atomic mass is 19.1. The van der Waals surface area contributed by atoms with Crippen LogP contribution in [-0.4, -0.2) is 40.5 Å². The monoisotopic (exact) mass is 397 g/mol. The molecule has 3 aromatic rings. The van der Waals surface area contributed by atoms with Gasteiger partial charge in [0.05, 0.1) is 54.4 Å². The summed E-state index contributed by atoms with van der Waals surface area (Å²) in [4.78, 5) is 6.98. The SMILES string of the molecule is Cc1nnc(N[C@H](C)c2ccc(F)cc2F)c2cc(N3C4COCC3C4)cnc12. The lowest BCUT2D eigenvalue weighted by Gasteiger charge is -2.53. The summed E-state index contributed by atoms with van der Waals surface area (Å²) in [5, 5.41) is 12.5. The molecule has 2 saturated heterocycles. The molecule has 1 aromatic carbocycles. The summed E-state index contributed by atoms with van der Waals surface area (Å²) >= 11 is 0. The maximum atomic E-state index is 14.2. The summed E-state index contributed by atoms with van der Waals surface area (Å²) in [6.07, 6.45) is 3.01. The molecule has 150 valence electrons. The fourth-order valence-corrected chi connectivity index (χ4v) is 4.29. The largest absolute Gasteiger partial charge is 0.377 e. The van der Waals surface area contributed by atoms with Gasteiger partial charge in [-0.25, -0.2) is 8.78 Å². The molecule has 5 rings (SSSR count). The molecule has 0 spiro atoms. The second-order valence-corrected chi connectivity index (χ2v) is 7.74. The predicted molar refractivity (Wildman–Crippen MR) is 106 cm³/mol. The van der Waals surface area contributed by atoms with E-state index in [0.29, 0.717) is 23.5 Å². The number of fused-ring (bicyclic) bond motifs is 3. The maximum Gasteiger partial charge on any atom is 0.158 e. The maximum absolute atomic E-state index is 14.2. The highest BCUT2D eigenvalue weighted by molar-refractivity contribution is 5.92. The van der Waals surface area contributed by atoms with Crippen molar-refractivity contribution in [2.45, 2.75) is 38.4 Å². The number of aromatic nitrogens is 3. The second-order valence-electron chi connectivity index (χ2n) is 7.74. The van der Waals surface area contributed by atoms with Crippen molar-refractivity contribution in [1.29, 1.82) is 0 Å². The smallest absolute Gasteiger partial charge is 0.158 e. The van der Waals surface area contributed by atoms with Crippen molar-refractivity contribution in [3.05, 3.63) is 53.4 Å². The van der Waals surface area contributed by atoms with Crippen molar-refractivity contribution >= 4 is 22.4 Å². The summed E-state index contributed by atoms with van der Waals surface area (Å²) in [5.41, 5.74) is 2.86. The number of rotatable bonds is 4. The quantitative estimate of drug-likeness (QED) is 0.723. The Hall–Kier alpha value is -2.87. The first-order valence-corrected chi connectivity index (χ1v) is 9.72. The number of benzene rings is 1. The van der Waals surface area contributed by atoms with E-state index >= 15 is 0 Å². The summed E-state index contributed by atoms with van der Waals surface area (Å²) in [6, 6.07) is 5.98. The Balaban J connectivity index is 1.51. The van der Waals surface area contributed by atoms with Crippen LogP contribution >= 0.6 is 0 Å². The summed E-state index contributed by atoms with van der Waals surface area (Å²) in [6.45, 7) is 5.13.